The monoisotopic (exact) mass is 371 g/mol. The summed E-state index contributed by atoms with van der Waals surface area (Å²) in [5, 5.41) is 10.8. The number of hydrogen-bond donors (Lipinski definition) is 1. The van der Waals surface area contributed by atoms with Gasteiger partial charge in [-0.25, -0.2) is 0 Å². The zero-order valence-corrected chi connectivity index (χ0v) is 14.9. The molecule has 0 fully saturated rings. The van der Waals surface area contributed by atoms with Crippen molar-refractivity contribution in [1.82, 2.24) is 4.90 Å². The predicted molar refractivity (Wildman–Crippen MR) is 97.8 cm³/mol. The molecule has 1 heterocycles. The molecule has 0 aliphatic heterocycles. The van der Waals surface area contributed by atoms with Gasteiger partial charge in [0.2, 0.25) is 0 Å². The van der Waals surface area contributed by atoms with Crippen molar-refractivity contribution in [2.45, 2.75) is 12.6 Å². The minimum Gasteiger partial charge on any atom is -0.489 e. The molecule has 0 amide bonds. The molecule has 0 saturated carbocycles. The van der Waals surface area contributed by atoms with E-state index in [1.807, 2.05) is 30.3 Å². The highest BCUT2D eigenvalue weighted by molar-refractivity contribution is 7.16. The van der Waals surface area contributed by atoms with Crippen LogP contribution >= 0.6 is 34.5 Å². The van der Waals surface area contributed by atoms with Gasteiger partial charge in [-0.3, -0.25) is 4.90 Å². The molecule has 2 rings (SSSR count). The van der Waals surface area contributed by atoms with Crippen LogP contribution in [-0.2, 0) is 6.54 Å². The highest BCUT2D eigenvalue weighted by Gasteiger charge is 2.13. The Hall–Kier alpha value is -1.04. The fourth-order valence-electron chi connectivity index (χ4n) is 2.14. The topological polar surface area (TPSA) is 32.7 Å². The molecule has 0 spiro atoms. The minimum atomic E-state index is -0.623. The minimum absolute atomic E-state index is 0.183. The Kier molecular flexibility index (Phi) is 7.40. The quantitative estimate of drug-likeness (QED) is 0.659. The fraction of sp³-hybridized carbons (Fsp3) is 0.294. The van der Waals surface area contributed by atoms with Gasteiger partial charge in [-0.1, -0.05) is 41.4 Å². The lowest BCUT2D eigenvalue weighted by atomic mass is 10.3. The van der Waals surface area contributed by atoms with Gasteiger partial charge in [0.25, 0.3) is 0 Å². The lowest BCUT2D eigenvalue weighted by Crippen LogP contribution is -2.35. The molecule has 1 atom stereocenters. The molecule has 0 aliphatic carbocycles. The third-order valence-corrected chi connectivity index (χ3v) is 4.66. The number of thiophene rings is 1. The highest BCUT2D eigenvalue weighted by Crippen LogP contribution is 2.24. The summed E-state index contributed by atoms with van der Waals surface area (Å²) in [5.41, 5.74) is 0. The molecule has 3 nitrogen and oxygen atoms in total. The number of halogens is 2. The second kappa shape index (κ2) is 9.30. The SMILES string of the molecule is C=CCN(Cc1ccc(Cl)s1)CC(O)COc1ccccc1Cl. The molecule has 1 aromatic heterocycles. The Morgan fingerprint density at radius 3 is 2.70 bits per heavy atom. The smallest absolute Gasteiger partial charge is 0.138 e. The first kappa shape index (κ1) is 18.3. The number of aliphatic hydroxyl groups excluding tert-OH is 1. The molecule has 1 unspecified atom stereocenters. The van der Waals surface area contributed by atoms with Crippen LogP contribution in [0.4, 0.5) is 0 Å². The van der Waals surface area contributed by atoms with Gasteiger partial charge in [-0.15, -0.1) is 17.9 Å². The lowest BCUT2D eigenvalue weighted by Gasteiger charge is -2.23. The van der Waals surface area contributed by atoms with Gasteiger partial charge in [0.15, 0.2) is 0 Å². The second-order valence-electron chi connectivity index (χ2n) is 5.08. The maximum Gasteiger partial charge on any atom is 0.138 e. The van der Waals surface area contributed by atoms with Crippen LogP contribution in [0.2, 0.25) is 9.36 Å². The number of hydrogen-bond acceptors (Lipinski definition) is 4. The zero-order valence-electron chi connectivity index (χ0n) is 12.6. The van der Waals surface area contributed by atoms with E-state index in [2.05, 4.69) is 11.5 Å². The van der Waals surface area contributed by atoms with Crippen molar-refractivity contribution in [3.05, 3.63) is 63.3 Å². The Bertz CT molecular complexity index is 633. The Morgan fingerprint density at radius 1 is 1.26 bits per heavy atom. The van der Waals surface area contributed by atoms with Gasteiger partial charge < -0.3 is 9.84 Å². The second-order valence-corrected chi connectivity index (χ2v) is 7.29. The van der Waals surface area contributed by atoms with E-state index >= 15 is 0 Å². The molecule has 0 aliphatic rings. The molecule has 6 heteroatoms. The molecule has 23 heavy (non-hydrogen) atoms. The number of ether oxygens (including phenoxy) is 1. The van der Waals surface area contributed by atoms with Crippen LogP contribution in [0, 0.1) is 0 Å². The van der Waals surface area contributed by atoms with Crippen molar-refractivity contribution in [3.8, 4) is 5.75 Å². The van der Waals surface area contributed by atoms with Gasteiger partial charge in [-0.05, 0) is 24.3 Å². The van der Waals surface area contributed by atoms with E-state index in [0.29, 0.717) is 30.4 Å². The van der Waals surface area contributed by atoms with Gasteiger partial charge in [0, 0.05) is 24.5 Å². The summed E-state index contributed by atoms with van der Waals surface area (Å²) in [5.74, 6) is 0.577. The summed E-state index contributed by atoms with van der Waals surface area (Å²) in [7, 11) is 0. The van der Waals surface area contributed by atoms with Crippen molar-refractivity contribution in [1.29, 1.82) is 0 Å². The Balaban J connectivity index is 1.86. The summed E-state index contributed by atoms with van der Waals surface area (Å²) in [4.78, 5) is 3.24. The normalized spacial score (nSPS) is 12.3. The Labute approximate surface area is 150 Å². The van der Waals surface area contributed by atoms with E-state index in [1.165, 1.54) is 0 Å². The van der Waals surface area contributed by atoms with Crippen LogP contribution < -0.4 is 4.74 Å². The zero-order chi connectivity index (χ0) is 16.7. The molecule has 0 radical (unpaired) electrons. The van der Waals surface area contributed by atoms with Gasteiger partial charge in [-0.2, -0.15) is 0 Å². The average Bonchev–Trinajstić information content (AvgIpc) is 2.92. The van der Waals surface area contributed by atoms with Crippen LogP contribution in [0.3, 0.4) is 0 Å². The summed E-state index contributed by atoms with van der Waals surface area (Å²) < 4.78 is 6.34. The van der Waals surface area contributed by atoms with Crippen molar-refractivity contribution >= 4 is 34.5 Å². The van der Waals surface area contributed by atoms with E-state index in [4.69, 9.17) is 27.9 Å². The van der Waals surface area contributed by atoms with Crippen molar-refractivity contribution in [2.75, 3.05) is 19.7 Å². The van der Waals surface area contributed by atoms with E-state index in [9.17, 15) is 5.11 Å². The molecular formula is C17H19Cl2NO2S. The standard InChI is InChI=1S/C17H19Cl2NO2S/c1-2-9-20(11-14-7-8-17(19)23-14)10-13(21)12-22-16-6-4-3-5-15(16)18/h2-8,13,21H,1,9-12H2. The van der Waals surface area contributed by atoms with E-state index in [1.54, 1.807) is 23.5 Å². The largest absolute Gasteiger partial charge is 0.489 e. The molecule has 0 saturated heterocycles. The predicted octanol–water partition coefficient (Wildman–Crippen LogP) is 4.48. The molecule has 1 aromatic carbocycles. The third-order valence-electron chi connectivity index (χ3n) is 3.13. The summed E-state index contributed by atoms with van der Waals surface area (Å²) in [6, 6.07) is 11.1. The van der Waals surface area contributed by atoms with Crippen molar-refractivity contribution < 1.29 is 9.84 Å². The summed E-state index contributed by atoms with van der Waals surface area (Å²) in [6.07, 6.45) is 1.19. The maximum atomic E-state index is 10.2. The van der Waals surface area contributed by atoms with Crippen LogP contribution in [0.1, 0.15) is 4.88 Å². The molecule has 0 bridgehead atoms. The first-order valence-electron chi connectivity index (χ1n) is 7.21. The van der Waals surface area contributed by atoms with Gasteiger partial charge in [0.1, 0.15) is 18.5 Å². The molecule has 2 aromatic rings. The lowest BCUT2D eigenvalue weighted by molar-refractivity contribution is 0.0700. The number of rotatable bonds is 9. The van der Waals surface area contributed by atoms with Crippen molar-refractivity contribution in [2.24, 2.45) is 0 Å². The van der Waals surface area contributed by atoms with Crippen LogP contribution in [-0.4, -0.2) is 35.8 Å². The van der Waals surface area contributed by atoms with E-state index in [-0.39, 0.29) is 6.61 Å². The first-order chi connectivity index (χ1) is 11.1. The number of para-hydroxylation sites is 1. The van der Waals surface area contributed by atoms with E-state index in [0.717, 1.165) is 9.21 Å². The highest BCUT2D eigenvalue weighted by atomic mass is 35.5. The maximum absolute atomic E-state index is 10.2. The Morgan fingerprint density at radius 2 is 2.04 bits per heavy atom. The van der Waals surface area contributed by atoms with E-state index < -0.39 is 6.10 Å². The van der Waals surface area contributed by atoms with Crippen LogP contribution in [0.25, 0.3) is 0 Å². The van der Waals surface area contributed by atoms with Crippen molar-refractivity contribution in [3.63, 3.8) is 0 Å². The van der Waals surface area contributed by atoms with Gasteiger partial charge in [0.05, 0.1) is 9.36 Å². The number of aliphatic hydroxyl groups is 1. The summed E-state index contributed by atoms with van der Waals surface area (Å²) in [6.45, 7) is 5.82. The number of nitrogens with zero attached hydrogens (tertiary/aromatic N) is 1. The van der Waals surface area contributed by atoms with Gasteiger partial charge >= 0.3 is 0 Å². The van der Waals surface area contributed by atoms with Crippen LogP contribution in [0.15, 0.2) is 49.1 Å². The first-order valence-corrected chi connectivity index (χ1v) is 8.78. The molecular weight excluding hydrogens is 353 g/mol. The third kappa shape index (κ3) is 6.16. The summed E-state index contributed by atoms with van der Waals surface area (Å²) >= 11 is 13.5. The number of benzene rings is 1. The van der Waals surface area contributed by atoms with Crippen LogP contribution in [0.5, 0.6) is 5.75 Å². The molecule has 1 N–H and O–H groups in total. The average molecular weight is 372 g/mol. The molecule has 124 valence electrons. The fourth-order valence-corrected chi connectivity index (χ4v) is 3.46.